The van der Waals surface area contributed by atoms with Gasteiger partial charge in [0.25, 0.3) is 5.91 Å². The Labute approximate surface area is 130 Å². The van der Waals surface area contributed by atoms with Crippen LogP contribution in [-0.2, 0) is 11.8 Å². The number of hydrogen-bond donors (Lipinski definition) is 1. The molecule has 2 rings (SSSR count). The van der Waals surface area contributed by atoms with Crippen molar-refractivity contribution in [3.63, 3.8) is 0 Å². The fraction of sp³-hybridized carbons (Fsp3) is 0.214. The maximum Gasteiger partial charge on any atom is 0.280 e. The molecule has 1 aromatic carbocycles. The number of benzene rings is 1. The van der Waals surface area contributed by atoms with Gasteiger partial charge in [0, 0.05) is 23.3 Å². The molecular weight excluding hydrogens is 336 g/mol. The molecule has 21 heavy (non-hydrogen) atoms. The molecule has 0 bridgehead atoms. The van der Waals surface area contributed by atoms with Gasteiger partial charge in [-0.05, 0) is 25.1 Å². The minimum atomic E-state index is -0.648. The second-order valence-electron chi connectivity index (χ2n) is 4.40. The minimum absolute atomic E-state index is 0.324. The summed E-state index contributed by atoms with van der Waals surface area (Å²) in [7, 11) is 1.81. The van der Waals surface area contributed by atoms with E-state index in [1.807, 2.05) is 19.2 Å². The lowest BCUT2D eigenvalue weighted by Crippen LogP contribution is -2.33. The summed E-state index contributed by atoms with van der Waals surface area (Å²) in [4.78, 5) is 11.8. The number of nitrogens with one attached hydrogen (secondary N) is 1. The van der Waals surface area contributed by atoms with Gasteiger partial charge in [0.2, 0.25) is 0 Å². The quantitative estimate of drug-likeness (QED) is 0.663. The number of carbonyl (C=O) groups is 1. The maximum atomic E-state index is 11.8. The lowest BCUT2D eigenvalue weighted by molar-refractivity contribution is -0.127. The van der Waals surface area contributed by atoms with E-state index in [9.17, 15) is 4.79 Å². The zero-order chi connectivity index (χ0) is 15.2. The van der Waals surface area contributed by atoms with Crippen LogP contribution in [0, 0.1) is 0 Å². The third-order valence-corrected chi connectivity index (χ3v) is 3.08. The second kappa shape index (κ2) is 7.03. The van der Waals surface area contributed by atoms with Crippen molar-refractivity contribution in [1.82, 2.24) is 15.2 Å². The van der Waals surface area contributed by atoms with E-state index in [4.69, 9.17) is 4.74 Å². The number of aromatic nitrogens is 2. The smallest absolute Gasteiger partial charge is 0.280 e. The number of amides is 1. The van der Waals surface area contributed by atoms with Crippen LogP contribution >= 0.6 is 15.9 Å². The topological polar surface area (TPSA) is 68.5 Å². The molecule has 0 fully saturated rings. The minimum Gasteiger partial charge on any atom is -0.481 e. The summed E-state index contributed by atoms with van der Waals surface area (Å²) in [5, 5.41) is 7.87. The fourth-order valence-corrected chi connectivity index (χ4v) is 1.94. The van der Waals surface area contributed by atoms with Crippen LogP contribution in [0.5, 0.6) is 5.75 Å². The molecule has 0 aliphatic heterocycles. The number of hydrogen-bond acceptors (Lipinski definition) is 4. The van der Waals surface area contributed by atoms with E-state index in [0.717, 1.165) is 10.0 Å². The molecule has 0 radical (unpaired) electrons. The number of rotatable bonds is 5. The summed E-state index contributed by atoms with van der Waals surface area (Å²) >= 11 is 3.35. The van der Waals surface area contributed by atoms with Crippen molar-refractivity contribution >= 4 is 28.1 Å². The molecule has 1 aromatic heterocycles. The highest BCUT2D eigenvalue weighted by atomic mass is 79.9. The third-order valence-electron chi connectivity index (χ3n) is 2.59. The van der Waals surface area contributed by atoms with Crippen LogP contribution < -0.4 is 10.2 Å². The van der Waals surface area contributed by atoms with Gasteiger partial charge in [-0.3, -0.25) is 9.48 Å². The Hall–Kier alpha value is -2.15. The normalized spacial score (nSPS) is 12.3. The average molecular weight is 351 g/mol. The number of carbonyl (C=O) groups excluding carboxylic acids is 1. The molecule has 1 heterocycles. The van der Waals surface area contributed by atoms with Gasteiger partial charge in [-0.15, -0.1) is 0 Å². The van der Waals surface area contributed by atoms with Gasteiger partial charge in [0.15, 0.2) is 6.10 Å². The molecule has 0 spiro atoms. The summed E-state index contributed by atoms with van der Waals surface area (Å²) in [6.45, 7) is 1.66. The van der Waals surface area contributed by atoms with Crippen molar-refractivity contribution < 1.29 is 9.53 Å². The largest absolute Gasteiger partial charge is 0.481 e. The van der Waals surface area contributed by atoms with Crippen molar-refractivity contribution in [2.24, 2.45) is 12.1 Å². The lowest BCUT2D eigenvalue weighted by atomic mass is 10.3. The molecule has 6 nitrogen and oxygen atoms in total. The Morgan fingerprint density at radius 1 is 1.57 bits per heavy atom. The number of ether oxygens (including phenoxy) is 1. The first-order valence-corrected chi connectivity index (χ1v) is 7.07. The van der Waals surface area contributed by atoms with E-state index in [1.54, 1.807) is 36.1 Å². The van der Waals surface area contributed by atoms with Crippen molar-refractivity contribution in [2.45, 2.75) is 13.0 Å². The Morgan fingerprint density at radius 2 is 2.38 bits per heavy atom. The van der Waals surface area contributed by atoms with E-state index in [-0.39, 0.29) is 5.91 Å². The molecule has 7 heteroatoms. The zero-order valence-electron chi connectivity index (χ0n) is 11.7. The Balaban J connectivity index is 1.86. The molecule has 0 aliphatic rings. The Morgan fingerprint density at radius 3 is 3.05 bits per heavy atom. The van der Waals surface area contributed by atoms with Gasteiger partial charge in [0.05, 0.1) is 12.4 Å². The SMILES string of the molecule is C[C@H](Oc1cccc(Br)c1)C(=O)N/N=C\c1cnn(C)c1. The van der Waals surface area contributed by atoms with Crippen molar-refractivity contribution in [2.75, 3.05) is 0 Å². The van der Waals surface area contributed by atoms with Gasteiger partial charge in [-0.1, -0.05) is 22.0 Å². The van der Waals surface area contributed by atoms with Gasteiger partial charge in [0.1, 0.15) is 5.75 Å². The lowest BCUT2D eigenvalue weighted by Gasteiger charge is -2.12. The van der Waals surface area contributed by atoms with Gasteiger partial charge in [-0.25, -0.2) is 5.43 Å². The van der Waals surface area contributed by atoms with E-state index in [0.29, 0.717) is 5.75 Å². The van der Waals surface area contributed by atoms with Gasteiger partial charge in [-0.2, -0.15) is 10.2 Å². The number of nitrogens with zero attached hydrogens (tertiary/aromatic N) is 3. The van der Waals surface area contributed by atoms with Crippen LogP contribution in [0.1, 0.15) is 12.5 Å². The number of aryl methyl sites for hydroxylation is 1. The number of halogens is 1. The molecule has 1 amide bonds. The van der Waals surface area contributed by atoms with E-state index < -0.39 is 6.10 Å². The fourth-order valence-electron chi connectivity index (χ4n) is 1.57. The second-order valence-corrected chi connectivity index (χ2v) is 5.31. The highest BCUT2D eigenvalue weighted by molar-refractivity contribution is 9.10. The molecule has 0 unspecified atom stereocenters. The molecule has 110 valence electrons. The molecule has 0 saturated carbocycles. The predicted molar refractivity (Wildman–Crippen MR) is 83.2 cm³/mol. The summed E-state index contributed by atoms with van der Waals surface area (Å²) < 4.78 is 8.08. The Bertz CT molecular complexity index is 654. The van der Waals surface area contributed by atoms with Crippen molar-refractivity contribution in [1.29, 1.82) is 0 Å². The van der Waals surface area contributed by atoms with E-state index in [1.165, 1.54) is 6.21 Å². The highest BCUT2D eigenvalue weighted by Gasteiger charge is 2.13. The average Bonchev–Trinajstić information content (AvgIpc) is 2.84. The molecule has 1 N–H and O–H groups in total. The summed E-state index contributed by atoms with van der Waals surface area (Å²) in [6.07, 6.45) is 4.32. The predicted octanol–water partition coefficient (Wildman–Crippen LogP) is 2.10. The van der Waals surface area contributed by atoms with Crippen LogP contribution in [0.15, 0.2) is 46.2 Å². The van der Waals surface area contributed by atoms with Crippen LogP contribution in [0.3, 0.4) is 0 Å². The molecular formula is C14H15BrN4O2. The van der Waals surface area contributed by atoms with Crippen LogP contribution in [-0.4, -0.2) is 28.0 Å². The summed E-state index contributed by atoms with van der Waals surface area (Å²) in [5.74, 6) is 0.290. The van der Waals surface area contributed by atoms with Crippen molar-refractivity contribution in [3.05, 3.63) is 46.7 Å². The first kappa shape index (κ1) is 15.2. The first-order valence-electron chi connectivity index (χ1n) is 6.28. The highest BCUT2D eigenvalue weighted by Crippen LogP contribution is 2.18. The van der Waals surface area contributed by atoms with Crippen LogP contribution in [0.25, 0.3) is 0 Å². The van der Waals surface area contributed by atoms with Crippen LogP contribution in [0.2, 0.25) is 0 Å². The van der Waals surface area contributed by atoms with Crippen molar-refractivity contribution in [3.8, 4) is 5.75 Å². The van der Waals surface area contributed by atoms with Gasteiger partial charge < -0.3 is 4.74 Å². The monoisotopic (exact) mass is 350 g/mol. The first-order chi connectivity index (χ1) is 10.0. The third kappa shape index (κ3) is 4.71. The summed E-state index contributed by atoms with van der Waals surface area (Å²) in [6, 6.07) is 7.30. The zero-order valence-corrected chi connectivity index (χ0v) is 13.2. The summed E-state index contributed by atoms with van der Waals surface area (Å²) in [5.41, 5.74) is 3.24. The Kier molecular flexibility index (Phi) is 5.10. The number of hydrazone groups is 1. The van der Waals surface area contributed by atoms with Gasteiger partial charge >= 0.3 is 0 Å². The molecule has 2 aromatic rings. The van der Waals surface area contributed by atoms with E-state index in [2.05, 4.69) is 31.6 Å². The molecule has 0 saturated heterocycles. The maximum absolute atomic E-state index is 11.8. The van der Waals surface area contributed by atoms with E-state index >= 15 is 0 Å². The standard InChI is InChI=1S/C14H15BrN4O2/c1-10(21-13-5-3-4-12(15)6-13)14(20)18-16-7-11-8-17-19(2)9-11/h3-10H,1-2H3,(H,18,20)/b16-7-/t10-/m0/s1. The van der Waals surface area contributed by atoms with Crippen LogP contribution in [0.4, 0.5) is 0 Å². The molecule has 1 atom stereocenters. The molecule has 0 aliphatic carbocycles.